The summed E-state index contributed by atoms with van der Waals surface area (Å²) in [6, 6.07) is 10.2. The summed E-state index contributed by atoms with van der Waals surface area (Å²) in [6.45, 7) is 4.07. The van der Waals surface area contributed by atoms with Gasteiger partial charge < -0.3 is 5.73 Å². The largest absolute Gasteiger partial charge is 0.321 e. The van der Waals surface area contributed by atoms with E-state index in [-0.39, 0.29) is 6.04 Å². The molecule has 0 aliphatic carbocycles. The predicted octanol–water partition coefficient (Wildman–Crippen LogP) is 2.65. The second kappa shape index (κ2) is 4.07. The third-order valence-electron chi connectivity index (χ3n) is 2.10. The second-order valence-electron chi connectivity index (χ2n) is 2.92. The maximum atomic E-state index is 5.98. The van der Waals surface area contributed by atoms with Crippen LogP contribution >= 0.6 is 0 Å². The Morgan fingerprint density at radius 3 is 2.42 bits per heavy atom. The van der Waals surface area contributed by atoms with Gasteiger partial charge in [-0.2, -0.15) is 0 Å². The molecule has 0 saturated heterocycles. The average Bonchev–Trinajstić information content (AvgIpc) is 2.17. The summed E-state index contributed by atoms with van der Waals surface area (Å²) in [4.78, 5) is 0. The van der Waals surface area contributed by atoms with Crippen molar-refractivity contribution in [3.05, 3.63) is 47.5 Å². The summed E-state index contributed by atoms with van der Waals surface area (Å²) in [5.41, 5.74) is 8.36. The highest BCUT2D eigenvalue weighted by atomic mass is 14.6. The van der Waals surface area contributed by atoms with Gasteiger partial charge in [0, 0.05) is 0 Å². The van der Waals surface area contributed by atoms with Crippen LogP contribution in [0.1, 0.15) is 25.5 Å². The summed E-state index contributed by atoms with van der Waals surface area (Å²) in [7, 11) is 0. The third-order valence-corrected chi connectivity index (χ3v) is 2.10. The van der Waals surface area contributed by atoms with Crippen LogP contribution in [0.3, 0.4) is 0 Å². The van der Waals surface area contributed by atoms with E-state index in [0.717, 1.165) is 0 Å². The normalized spacial score (nSPS) is 14.4. The lowest BCUT2D eigenvalue weighted by atomic mass is 10.0. The van der Waals surface area contributed by atoms with Crippen molar-refractivity contribution in [2.75, 3.05) is 0 Å². The van der Waals surface area contributed by atoms with Crippen molar-refractivity contribution in [1.82, 2.24) is 0 Å². The van der Waals surface area contributed by atoms with E-state index in [4.69, 9.17) is 5.73 Å². The van der Waals surface area contributed by atoms with E-state index in [2.05, 4.69) is 25.1 Å². The Kier molecular flexibility index (Phi) is 3.06. The maximum Gasteiger partial charge on any atom is 0.0508 e. The van der Waals surface area contributed by atoms with Crippen molar-refractivity contribution in [3.8, 4) is 0 Å². The zero-order valence-corrected chi connectivity index (χ0v) is 7.62. The third kappa shape index (κ3) is 1.95. The SMILES string of the molecule is C/C=C(\C)C(N)c1ccccc1. The van der Waals surface area contributed by atoms with Crippen LogP contribution in [-0.2, 0) is 0 Å². The Hall–Kier alpha value is -1.08. The van der Waals surface area contributed by atoms with Gasteiger partial charge in [-0.25, -0.2) is 0 Å². The molecule has 0 aromatic heterocycles. The molecule has 0 aliphatic rings. The zero-order chi connectivity index (χ0) is 8.97. The fraction of sp³-hybridized carbons (Fsp3) is 0.273. The van der Waals surface area contributed by atoms with Crippen LogP contribution in [0, 0.1) is 0 Å². The summed E-state index contributed by atoms with van der Waals surface area (Å²) >= 11 is 0. The number of hydrogen-bond donors (Lipinski definition) is 1. The topological polar surface area (TPSA) is 26.0 Å². The Labute approximate surface area is 73.9 Å². The number of benzene rings is 1. The molecule has 12 heavy (non-hydrogen) atoms. The first-order chi connectivity index (χ1) is 5.75. The molecule has 0 heterocycles. The van der Waals surface area contributed by atoms with Gasteiger partial charge in [-0.1, -0.05) is 42.0 Å². The lowest BCUT2D eigenvalue weighted by Crippen LogP contribution is -2.10. The molecule has 0 bridgehead atoms. The van der Waals surface area contributed by atoms with E-state index >= 15 is 0 Å². The van der Waals surface area contributed by atoms with Gasteiger partial charge in [0.1, 0.15) is 0 Å². The molecule has 64 valence electrons. The van der Waals surface area contributed by atoms with E-state index in [1.54, 1.807) is 0 Å². The van der Waals surface area contributed by atoms with Crippen molar-refractivity contribution in [1.29, 1.82) is 0 Å². The first-order valence-corrected chi connectivity index (χ1v) is 4.19. The molecule has 0 saturated carbocycles. The molecule has 0 spiro atoms. The summed E-state index contributed by atoms with van der Waals surface area (Å²) in [5.74, 6) is 0. The highest BCUT2D eigenvalue weighted by Gasteiger charge is 2.04. The van der Waals surface area contributed by atoms with Gasteiger partial charge in [0.05, 0.1) is 6.04 Å². The van der Waals surface area contributed by atoms with Gasteiger partial charge in [0.2, 0.25) is 0 Å². The first-order valence-electron chi connectivity index (χ1n) is 4.19. The molecule has 1 aromatic carbocycles. The Morgan fingerprint density at radius 2 is 1.92 bits per heavy atom. The van der Waals surface area contributed by atoms with E-state index in [1.165, 1.54) is 11.1 Å². The molecule has 1 aromatic rings. The van der Waals surface area contributed by atoms with Crippen LogP contribution in [0.4, 0.5) is 0 Å². The number of allylic oxidation sites excluding steroid dienone is 1. The van der Waals surface area contributed by atoms with Gasteiger partial charge in [0.25, 0.3) is 0 Å². The van der Waals surface area contributed by atoms with E-state index in [0.29, 0.717) is 0 Å². The smallest absolute Gasteiger partial charge is 0.0508 e. The molecule has 0 radical (unpaired) electrons. The minimum Gasteiger partial charge on any atom is -0.321 e. The van der Waals surface area contributed by atoms with Crippen molar-refractivity contribution in [2.24, 2.45) is 5.73 Å². The molecule has 0 fully saturated rings. The first kappa shape index (κ1) is 9.01. The molecular weight excluding hydrogens is 146 g/mol. The van der Waals surface area contributed by atoms with Gasteiger partial charge in [-0.3, -0.25) is 0 Å². The summed E-state index contributed by atoms with van der Waals surface area (Å²) in [6.07, 6.45) is 2.05. The Balaban J connectivity index is 2.86. The van der Waals surface area contributed by atoms with Crippen molar-refractivity contribution >= 4 is 0 Å². The Bertz CT molecular complexity index is 262. The molecule has 2 N–H and O–H groups in total. The predicted molar refractivity (Wildman–Crippen MR) is 52.8 cm³/mol. The summed E-state index contributed by atoms with van der Waals surface area (Å²) in [5, 5.41) is 0. The van der Waals surface area contributed by atoms with Crippen LogP contribution in [0.15, 0.2) is 42.0 Å². The van der Waals surface area contributed by atoms with E-state index in [1.807, 2.05) is 25.1 Å². The molecule has 0 aliphatic heterocycles. The van der Waals surface area contributed by atoms with E-state index in [9.17, 15) is 0 Å². The van der Waals surface area contributed by atoms with Gasteiger partial charge in [-0.15, -0.1) is 0 Å². The minimum absolute atomic E-state index is 0.0520. The molecular formula is C11H15N. The second-order valence-corrected chi connectivity index (χ2v) is 2.92. The lowest BCUT2D eigenvalue weighted by molar-refractivity contribution is 0.844. The molecule has 0 amide bonds. The lowest BCUT2D eigenvalue weighted by Gasteiger charge is -2.11. The fourth-order valence-corrected chi connectivity index (χ4v) is 1.10. The Morgan fingerprint density at radius 1 is 1.33 bits per heavy atom. The van der Waals surface area contributed by atoms with Crippen molar-refractivity contribution in [3.63, 3.8) is 0 Å². The van der Waals surface area contributed by atoms with E-state index < -0.39 is 0 Å². The highest BCUT2D eigenvalue weighted by molar-refractivity contribution is 5.26. The average molecular weight is 161 g/mol. The standard InChI is InChI=1S/C11H15N/c1-3-9(2)11(12)10-7-5-4-6-8-10/h3-8,11H,12H2,1-2H3/b9-3+. The van der Waals surface area contributed by atoms with Crippen molar-refractivity contribution < 1.29 is 0 Å². The maximum absolute atomic E-state index is 5.98. The number of hydrogen-bond acceptors (Lipinski definition) is 1. The van der Waals surface area contributed by atoms with Crippen LogP contribution < -0.4 is 5.73 Å². The monoisotopic (exact) mass is 161 g/mol. The van der Waals surface area contributed by atoms with Crippen LogP contribution in [0.5, 0.6) is 0 Å². The molecule has 1 rings (SSSR count). The van der Waals surface area contributed by atoms with Crippen molar-refractivity contribution in [2.45, 2.75) is 19.9 Å². The zero-order valence-electron chi connectivity index (χ0n) is 7.62. The highest BCUT2D eigenvalue weighted by Crippen LogP contribution is 2.17. The number of nitrogens with two attached hydrogens (primary N) is 1. The van der Waals surface area contributed by atoms with Gasteiger partial charge >= 0.3 is 0 Å². The minimum atomic E-state index is 0.0520. The van der Waals surface area contributed by atoms with Gasteiger partial charge in [0.15, 0.2) is 0 Å². The molecule has 1 atom stereocenters. The van der Waals surface area contributed by atoms with Crippen LogP contribution in [-0.4, -0.2) is 0 Å². The number of rotatable bonds is 2. The fourth-order valence-electron chi connectivity index (χ4n) is 1.10. The van der Waals surface area contributed by atoms with Crippen LogP contribution in [0.25, 0.3) is 0 Å². The molecule has 1 heteroatoms. The quantitative estimate of drug-likeness (QED) is 0.663. The van der Waals surface area contributed by atoms with Gasteiger partial charge in [-0.05, 0) is 19.4 Å². The van der Waals surface area contributed by atoms with Crippen LogP contribution in [0.2, 0.25) is 0 Å². The molecule has 1 unspecified atom stereocenters. The summed E-state index contributed by atoms with van der Waals surface area (Å²) < 4.78 is 0. The molecule has 1 nitrogen and oxygen atoms in total.